The first-order chi connectivity index (χ1) is 15.3. The monoisotopic (exact) mass is 457 g/mol. The molecule has 6 nitrogen and oxygen atoms in total. The van der Waals surface area contributed by atoms with Crippen molar-refractivity contribution in [3.8, 4) is 5.75 Å². The zero-order valence-electron chi connectivity index (χ0n) is 17.6. The number of aromatic nitrogens is 1. The van der Waals surface area contributed by atoms with E-state index >= 15 is 0 Å². The summed E-state index contributed by atoms with van der Waals surface area (Å²) < 4.78 is 18.8. The van der Waals surface area contributed by atoms with Gasteiger partial charge in [0, 0.05) is 23.3 Å². The van der Waals surface area contributed by atoms with Crippen molar-refractivity contribution in [2.24, 2.45) is 5.92 Å². The van der Waals surface area contributed by atoms with Crippen LogP contribution in [0, 0.1) is 11.7 Å². The molecule has 4 aliphatic rings. The van der Waals surface area contributed by atoms with E-state index in [0.717, 1.165) is 18.4 Å². The molecule has 2 bridgehead atoms. The Bertz CT molecular complexity index is 1040. The Balaban J connectivity index is 1.05. The molecule has 0 atom stereocenters. The molecule has 0 aliphatic heterocycles. The maximum Gasteiger partial charge on any atom is 0.270 e. The van der Waals surface area contributed by atoms with Crippen LogP contribution in [-0.2, 0) is 11.2 Å². The number of halogens is 2. The molecule has 0 saturated heterocycles. The van der Waals surface area contributed by atoms with Gasteiger partial charge in [0.25, 0.3) is 11.8 Å². The number of nitrogens with one attached hydrogen (secondary N) is 2. The van der Waals surface area contributed by atoms with Crippen molar-refractivity contribution in [2.45, 2.75) is 56.0 Å². The van der Waals surface area contributed by atoms with Gasteiger partial charge >= 0.3 is 0 Å². The minimum atomic E-state index is -0.593. The van der Waals surface area contributed by atoms with Gasteiger partial charge in [0.2, 0.25) is 0 Å². The summed E-state index contributed by atoms with van der Waals surface area (Å²) in [5.74, 6) is 0.0791. The number of ether oxygens (including phenoxy) is 1. The van der Waals surface area contributed by atoms with Gasteiger partial charge in [-0.25, -0.2) is 4.39 Å². The Morgan fingerprint density at radius 2 is 1.88 bits per heavy atom. The largest absolute Gasteiger partial charge is 0.484 e. The third kappa shape index (κ3) is 4.44. The van der Waals surface area contributed by atoms with Crippen molar-refractivity contribution in [1.82, 2.24) is 15.6 Å². The molecule has 1 heterocycles. The number of carbonyl (C=O) groups excluding carboxylic acids is 2. The third-order valence-electron chi connectivity index (χ3n) is 6.67. The van der Waals surface area contributed by atoms with Crippen LogP contribution in [0.25, 0.3) is 0 Å². The van der Waals surface area contributed by atoms with Crippen LogP contribution in [0.15, 0.2) is 36.5 Å². The van der Waals surface area contributed by atoms with Crippen molar-refractivity contribution in [3.63, 3.8) is 0 Å². The summed E-state index contributed by atoms with van der Waals surface area (Å²) in [7, 11) is 0. The lowest BCUT2D eigenvalue weighted by molar-refractivity contribution is -0.141. The predicted octanol–water partition coefficient (Wildman–Crippen LogP) is 3.82. The Hall–Kier alpha value is -2.67. The molecular weight excluding hydrogens is 433 g/mol. The highest BCUT2D eigenvalue weighted by atomic mass is 35.5. The van der Waals surface area contributed by atoms with Crippen molar-refractivity contribution >= 4 is 23.4 Å². The lowest BCUT2D eigenvalue weighted by atomic mass is 9.44. The lowest BCUT2D eigenvalue weighted by Crippen LogP contribution is -2.84. The van der Waals surface area contributed by atoms with E-state index in [9.17, 15) is 14.0 Å². The van der Waals surface area contributed by atoms with Gasteiger partial charge in [0.1, 0.15) is 17.3 Å². The van der Waals surface area contributed by atoms with Crippen LogP contribution in [0.3, 0.4) is 0 Å². The second kappa shape index (κ2) is 8.03. The van der Waals surface area contributed by atoms with Crippen molar-refractivity contribution in [2.75, 3.05) is 6.61 Å². The standard InChI is InChI=1S/C24H25ClFN3O3/c25-18-7-6-17(9-19(18)26)32-11-21(30)28-23-12-24(13-23,14-23)29-22(31)20-8-5-16(10-27-20)4-3-15-1-2-15/h5-10,15H,1-4,11-14H2,(H,28,30)(H,29,31). The van der Waals surface area contributed by atoms with Crippen LogP contribution in [0.1, 0.15) is 54.6 Å². The molecule has 8 heteroatoms. The molecule has 4 fully saturated rings. The zero-order valence-corrected chi connectivity index (χ0v) is 18.4. The van der Waals surface area contributed by atoms with Gasteiger partial charge in [0.15, 0.2) is 6.61 Å². The molecule has 1 aromatic carbocycles. The van der Waals surface area contributed by atoms with Gasteiger partial charge in [-0.1, -0.05) is 30.5 Å². The summed E-state index contributed by atoms with van der Waals surface area (Å²) in [6.45, 7) is -0.209. The molecule has 0 spiro atoms. The number of amides is 2. The molecule has 2 N–H and O–H groups in total. The van der Waals surface area contributed by atoms with Crippen LogP contribution < -0.4 is 15.4 Å². The first kappa shape index (κ1) is 21.2. The Kier molecular flexibility index (Phi) is 5.32. The van der Waals surface area contributed by atoms with E-state index in [1.807, 2.05) is 6.07 Å². The van der Waals surface area contributed by atoms with Gasteiger partial charge in [-0.05, 0) is 61.8 Å². The highest BCUT2D eigenvalue weighted by Crippen LogP contribution is 2.60. The fourth-order valence-corrected chi connectivity index (χ4v) is 5.01. The summed E-state index contributed by atoms with van der Waals surface area (Å²) in [4.78, 5) is 29.1. The van der Waals surface area contributed by atoms with Crippen molar-refractivity contribution in [1.29, 1.82) is 0 Å². The average molecular weight is 458 g/mol. The Morgan fingerprint density at radius 1 is 1.12 bits per heavy atom. The number of rotatable bonds is 9. The normalized spacial score (nSPS) is 25.3. The number of hydrogen-bond acceptors (Lipinski definition) is 4. The summed E-state index contributed by atoms with van der Waals surface area (Å²) >= 11 is 5.64. The van der Waals surface area contributed by atoms with Crippen LogP contribution in [0.2, 0.25) is 5.02 Å². The van der Waals surface area contributed by atoms with Crippen LogP contribution in [0.4, 0.5) is 4.39 Å². The molecule has 2 aromatic rings. The number of pyridine rings is 1. The molecule has 4 aliphatic carbocycles. The van der Waals surface area contributed by atoms with E-state index in [2.05, 4.69) is 15.6 Å². The van der Waals surface area contributed by atoms with Gasteiger partial charge in [-0.2, -0.15) is 0 Å². The van der Waals surface area contributed by atoms with Gasteiger partial charge in [0.05, 0.1) is 5.02 Å². The number of benzene rings is 1. The molecule has 6 rings (SSSR count). The quantitative estimate of drug-likeness (QED) is 0.600. The summed E-state index contributed by atoms with van der Waals surface area (Å²) in [5, 5.41) is 6.06. The average Bonchev–Trinajstić information content (AvgIpc) is 3.55. The van der Waals surface area contributed by atoms with Crippen LogP contribution >= 0.6 is 11.6 Å². The minimum absolute atomic E-state index is 0.00253. The summed E-state index contributed by atoms with van der Waals surface area (Å²) in [5.41, 5.74) is 1.03. The molecule has 2 amide bonds. The Morgan fingerprint density at radius 3 is 2.53 bits per heavy atom. The maximum absolute atomic E-state index is 13.4. The number of nitrogens with zero attached hydrogens (tertiary/aromatic N) is 1. The highest BCUT2D eigenvalue weighted by molar-refractivity contribution is 6.30. The number of carbonyl (C=O) groups is 2. The van der Waals surface area contributed by atoms with Crippen LogP contribution in [0.5, 0.6) is 5.75 Å². The van der Waals surface area contributed by atoms with E-state index in [-0.39, 0.29) is 40.3 Å². The van der Waals surface area contributed by atoms with E-state index in [0.29, 0.717) is 25.0 Å². The molecule has 168 valence electrons. The van der Waals surface area contributed by atoms with Gasteiger partial charge < -0.3 is 15.4 Å². The SMILES string of the molecule is O=C(COc1ccc(Cl)c(F)c1)NC12CC(NC(=O)c3ccc(CCC4CC4)cn3)(C1)C2. The van der Waals surface area contributed by atoms with E-state index < -0.39 is 5.82 Å². The topological polar surface area (TPSA) is 80.3 Å². The summed E-state index contributed by atoms with van der Waals surface area (Å²) in [6.07, 6.45) is 8.76. The molecular formula is C24H25ClFN3O3. The zero-order chi connectivity index (χ0) is 22.3. The molecule has 0 unspecified atom stereocenters. The van der Waals surface area contributed by atoms with Crippen molar-refractivity contribution < 1.29 is 18.7 Å². The first-order valence-electron chi connectivity index (χ1n) is 11.0. The summed E-state index contributed by atoms with van der Waals surface area (Å²) in [6, 6.07) is 7.82. The van der Waals surface area contributed by atoms with E-state index in [1.54, 1.807) is 12.3 Å². The molecule has 1 aromatic heterocycles. The molecule has 4 saturated carbocycles. The second-order valence-corrected chi connectivity index (χ2v) is 9.90. The molecule has 32 heavy (non-hydrogen) atoms. The third-order valence-corrected chi connectivity index (χ3v) is 6.98. The van der Waals surface area contributed by atoms with Gasteiger partial charge in [-0.3, -0.25) is 14.6 Å². The molecule has 0 radical (unpaired) electrons. The number of hydrogen-bond donors (Lipinski definition) is 2. The van der Waals surface area contributed by atoms with E-state index in [1.165, 1.54) is 37.0 Å². The lowest BCUT2D eigenvalue weighted by Gasteiger charge is -2.70. The Labute approximate surface area is 190 Å². The fraction of sp³-hybridized carbons (Fsp3) is 0.458. The fourth-order valence-electron chi connectivity index (χ4n) is 4.89. The van der Waals surface area contributed by atoms with Crippen molar-refractivity contribution in [3.05, 3.63) is 58.6 Å². The number of aryl methyl sites for hydroxylation is 1. The first-order valence-corrected chi connectivity index (χ1v) is 11.4. The predicted molar refractivity (Wildman–Crippen MR) is 117 cm³/mol. The second-order valence-electron chi connectivity index (χ2n) is 9.49. The highest BCUT2D eigenvalue weighted by Gasteiger charge is 2.69. The minimum Gasteiger partial charge on any atom is -0.484 e. The van der Waals surface area contributed by atoms with E-state index in [4.69, 9.17) is 16.3 Å². The smallest absolute Gasteiger partial charge is 0.270 e. The maximum atomic E-state index is 13.4. The van der Waals surface area contributed by atoms with Crippen LogP contribution in [-0.4, -0.2) is 34.5 Å². The van der Waals surface area contributed by atoms with Gasteiger partial charge in [-0.15, -0.1) is 0 Å².